The lowest BCUT2D eigenvalue weighted by Gasteiger charge is -2.07. The van der Waals surface area contributed by atoms with Gasteiger partial charge in [0.2, 0.25) is 0 Å². The van der Waals surface area contributed by atoms with Gasteiger partial charge in [-0.2, -0.15) is 0 Å². The van der Waals surface area contributed by atoms with E-state index in [1.54, 1.807) is 6.33 Å². The van der Waals surface area contributed by atoms with Gasteiger partial charge in [-0.3, -0.25) is 0 Å². The molecule has 0 bridgehead atoms. The van der Waals surface area contributed by atoms with Crippen LogP contribution in [0, 0.1) is 6.92 Å². The molecule has 1 atom stereocenters. The molecule has 0 radical (unpaired) electrons. The van der Waals surface area contributed by atoms with Gasteiger partial charge in [0.05, 0.1) is 24.7 Å². The van der Waals surface area contributed by atoms with Gasteiger partial charge in [-0.15, -0.1) is 0 Å². The molecule has 0 amide bonds. The molecule has 1 aromatic heterocycles. The number of nitrogens with one attached hydrogen (secondary N) is 2. The van der Waals surface area contributed by atoms with E-state index >= 15 is 0 Å². The molecule has 74 valence electrons. The molecule has 0 saturated carbocycles. The van der Waals surface area contributed by atoms with E-state index in [-0.39, 0.29) is 6.61 Å². The topological polar surface area (TPSA) is 81.2 Å². The first-order valence-electron chi connectivity index (χ1n) is 4.22. The van der Waals surface area contributed by atoms with Crippen LogP contribution in [-0.4, -0.2) is 39.4 Å². The third-order valence-corrected chi connectivity index (χ3v) is 1.82. The van der Waals surface area contributed by atoms with Crippen molar-refractivity contribution in [1.82, 2.24) is 15.3 Å². The Hall–Kier alpha value is -0.910. The molecule has 0 aliphatic rings. The van der Waals surface area contributed by atoms with Gasteiger partial charge in [0, 0.05) is 18.8 Å². The number of hydrogen-bond acceptors (Lipinski definition) is 4. The zero-order valence-corrected chi connectivity index (χ0v) is 7.62. The van der Waals surface area contributed by atoms with E-state index in [1.165, 1.54) is 0 Å². The Morgan fingerprint density at radius 3 is 3.00 bits per heavy atom. The van der Waals surface area contributed by atoms with Gasteiger partial charge in [-0.1, -0.05) is 0 Å². The number of aryl methyl sites for hydroxylation is 1. The van der Waals surface area contributed by atoms with E-state index in [1.807, 2.05) is 6.92 Å². The van der Waals surface area contributed by atoms with Gasteiger partial charge in [-0.05, 0) is 6.92 Å². The summed E-state index contributed by atoms with van der Waals surface area (Å²) < 4.78 is 0. The van der Waals surface area contributed by atoms with Crippen LogP contribution in [0.2, 0.25) is 0 Å². The second-order valence-electron chi connectivity index (χ2n) is 2.94. The molecule has 1 aromatic rings. The summed E-state index contributed by atoms with van der Waals surface area (Å²) in [4.78, 5) is 7.03. The van der Waals surface area contributed by atoms with Crippen LogP contribution < -0.4 is 5.32 Å². The Kier molecular flexibility index (Phi) is 3.88. The fraction of sp³-hybridized carbons (Fsp3) is 0.625. The number of nitrogens with zero attached hydrogens (tertiary/aromatic N) is 1. The number of hydrogen-bond donors (Lipinski definition) is 4. The molecule has 0 saturated heterocycles. The lowest BCUT2D eigenvalue weighted by atomic mass is 10.3. The van der Waals surface area contributed by atoms with Crippen LogP contribution in [0.3, 0.4) is 0 Å². The number of imidazole rings is 1. The highest BCUT2D eigenvalue weighted by atomic mass is 16.3. The highest BCUT2D eigenvalue weighted by molar-refractivity contribution is 5.07. The normalized spacial score (nSPS) is 13.2. The molecule has 1 rings (SSSR count). The van der Waals surface area contributed by atoms with Crippen molar-refractivity contribution in [3.05, 3.63) is 17.7 Å². The molecule has 13 heavy (non-hydrogen) atoms. The molecular weight excluding hydrogens is 170 g/mol. The maximum Gasteiger partial charge on any atom is 0.0925 e. The fourth-order valence-electron chi connectivity index (χ4n) is 0.987. The summed E-state index contributed by atoms with van der Waals surface area (Å²) >= 11 is 0. The van der Waals surface area contributed by atoms with E-state index < -0.39 is 6.10 Å². The molecule has 5 nitrogen and oxygen atoms in total. The number of H-pyrrole nitrogens is 1. The summed E-state index contributed by atoms with van der Waals surface area (Å²) in [5, 5.41) is 20.5. The molecular formula is C8H15N3O2. The first-order chi connectivity index (χ1) is 6.24. The lowest BCUT2D eigenvalue weighted by Crippen LogP contribution is -2.29. The third-order valence-electron chi connectivity index (χ3n) is 1.82. The Balaban J connectivity index is 2.24. The van der Waals surface area contributed by atoms with Crippen molar-refractivity contribution in [2.75, 3.05) is 13.2 Å². The Bertz CT molecular complexity index is 249. The van der Waals surface area contributed by atoms with E-state index in [4.69, 9.17) is 10.2 Å². The fourth-order valence-corrected chi connectivity index (χ4v) is 0.987. The minimum atomic E-state index is -0.695. The number of aromatic nitrogens is 2. The monoisotopic (exact) mass is 185 g/mol. The quantitative estimate of drug-likeness (QED) is 0.482. The molecule has 1 unspecified atom stereocenters. The van der Waals surface area contributed by atoms with Crippen LogP contribution in [0.4, 0.5) is 0 Å². The molecule has 0 aliphatic carbocycles. The summed E-state index contributed by atoms with van der Waals surface area (Å²) in [6, 6.07) is 0. The minimum absolute atomic E-state index is 0.216. The molecule has 0 fully saturated rings. The van der Waals surface area contributed by atoms with Crippen molar-refractivity contribution in [2.45, 2.75) is 19.6 Å². The van der Waals surface area contributed by atoms with E-state index in [2.05, 4.69) is 15.3 Å². The third kappa shape index (κ3) is 3.14. The van der Waals surface area contributed by atoms with Crippen molar-refractivity contribution < 1.29 is 10.2 Å². The summed E-state index contributed by atoms with van der Waals surface area (Å²) in [5.41, 5.74) is 1.95. The predicted octanol–water partition coefficient (Wildman–Crippen LogP) is -0.839. The molecule has 0 aliphatic heterocycles. The first-order valence-corrected chi connectivity index (χ1v) is 4.22. The number of aromatic amines is 1. The van der Waals surface area contributed by atoms with Crippen LogP contribution in [0.1, 0.15) is 11.4 Å². The zero-order valence-electron chi connectivity index (χ0n) is 7.62. The first kappa shape index (κ1) is 10.2. The van der Waals surface area contributed by atoms with Crippen molar-refractivity contribution in [1.29, 1.82) is 0 Å². The van der Waals surface area contributed by atoms with Gasteiger partial charge in [-0.25, -0.2) is 4.98 Å². The van der Waals surface area contributed by atoms with E-state index in [9.17, 15) is 0 Å². The van der Waals surface area contributed by atoms with Gasteiger partial charge < -0.3 is 20.5 Å². The van der Waals surface area contributed by atoms with Crippen molar-refractivity contribution in [2.24, 2.45) is 0 Å². The van der Waals surface area contributed by atoms with Crippen LogP contribution in [0.25, 0.3) is 0 Å². The van der Waals surface area contributed by atoms with Gasteiger partial charge in [0.15, 0.2) is 0 Å². The summed E-state index contributed by atoms with van der Waals surface area (Å²) in [7, 11) is 0. The van der Waals surface area contributed by atoms with Crippen LogP contribution >= 0.6 is 0 Å². The lowest BCUT2D eigenvalue weighted by molar-refractivity contribution is 0.0941. The van der Waals surface area contributed by atoms with Crippen molar-refractivity contribution >= 4 is 0 Å². The SMILES string of the molecule is Cc1[nH]cnc1CNCC(O)CO. The molecule has 0 aromatic carbocycles. The maximum absolute atomic E-state index is 9.02. The molecule has 5 heteroatoms. The van der Waals surface area contributed by atoms with Gasteiger partial charge in [0.25, 0.3) is 0 Å². The number of aliphatic hydroxyl groups excluding tert-OH is 2. The average Bonchev–Trinajstić information content (AvgIpc) is 2.52. The minimum Gasteiger partial charge on any atom is -0.394 e. The van der Waals surface area contributed by atoms with E-state index in [0.29, 0.717) is 13.1 Å². The average molecular weight is 185 g/mol. The molecule has 1 heterocycles. The highest BCUT2D eigenvalue weighted by Crippen LogP contribution is 1.98. The largest absolute Gasteiger partial charge is 0.394 e. The molecule has 0 spiro atoms. The maximum atomic E-state index is 9.02. The second-order valence-corrected chi connectivity index (χ2v) is 2.94. The van der Waals surface area contributed by atoms with Crippen molar-refractivity contribution in [3.8, 4) is 0 Å². The molecule has 4 N–H and O–H groups in total. The van der Waals surface area contributed by atoms with Crippen LogP contribution in [0.5, 0.6) is 0 Å². The zero-order chi connectivity index (χ0) is 9.68. The van der Waals surface area contributed by atoms with Gasteiger partial charge in [0.1, 0.15) is 0 Å². The van der Waals surface area contributed by atoms with Crippen LogP contribution in [-0.2, 0) is 6.54 Å². The Morgan fingerprint density at radius 1 is 1.69 bits per heavy atom. The standard InChI is InChI=1S/C8H15N3O2/c1-6-8(11-5-10-6)3-9-2-7(13)4-12/h5,7,9,12-13H,2-4H2,1H3,(H,10,11). The Morgan fingerprint density at radius 2 is 2.46 bits per heavy atom. The second kappa shape index (κ2) is 4.96. The van der Waals surface area contributed by atoms with Crippen molar-refractivity contribution in [3.63, 3.8) is 0 Å². The highest BCUT2D eigenvalue weighted by Gasteiger charge is 2.03. The summed E-state index contributed by atoms with van der Waals surface area (Å²) in [6.07, 6.45) is 0.939. The Labute approximate surface area is 76.8 Å². The number of rotatable bonds is 5. The van der Waals surface area contributed by atoms with E-state index in [0.717, 1.165) is 11.4 Å². The summed E-state index contributed by atoms with van der Waals surface area (Å²) in [6.45, 7) is 2.70. The predicted molar refractivity (Wildman–Crippen MR) is 48.1 cm³/mol. The van der Waals surface area contributed by atoms with Crippen LogP contribution in [0.15, 0.2) is 6.33 Å². The smallest absolute Gasteiger partial charge is 0.0925 e. The van der Waals surface area contributed by atoms with Gasteiger partial charge >= 0.3 is 0 Å². The number of aliphatic hydroxyl groups is 2. The summed E-state index contributed by atoms with van der Waals surface area (Å²) in [5.74, 6) is 0.